The number of methoxy groups -OCH3 is 2. The molecule has 0 radical (unpaired) electrons. The van der Waals surface area contributed by atoms with E-state index in [1.54, 1.807) is 55.9 Å². The summed E-state index contributed by atoms with van der Waals surface area (Å²) < 4.78 is 16.5. The topological polar surface area (TPSA) is 92.4 Å². The van der Waals surface area contributed by atoms with Crippen molar-refractivity contribution < 1.29 is 23.8 Å². The highest BCUT2D eigenvalue weighted by atomic mass is 16.5. The number of carbonyl (C=O) groups is 2. The van der Waals surface area contributed by atoms with E-state index in [0.29, 0.717) is 29.4 Å². The van der Waals surface area contributed by atoms with Crippen LogP contribution in [0.2, 0.25) is 0 Å². The highest BCUT2D eigenvalue weighted by Crippen LogP contribution is 2.35. The minimum absolute atomic E-state index is 0.0798. The van der Waals surface area contributed by atoms with Gasteiger partial charge in [0.1, 0.15) is 24.1 Å². The van der Waals surface area contributed by atoms with Gasteiger partial charge in [-0.25, -0.2) is 5.43 Å². The summed E-state index contributed by atoms with van der Waals surface area (Å²) in [7, 11) is 3.18. The fourth-order valence-corrected chi connectivity index (χ4v) is 4.44. The SMILES string of the molecule is COc1ccc(C2CC3C(=O)N(CC(=O)Nc4ccc(Oc5ccccc5)cc4)C=CN3N2)cc1OC. The van der Waals surface area contributed by atoms with Crippen molar-refractivity contribution in [2.24, 2.45) is 0 Å². The van der Waals surface area contributed by atoms with E-state index in [-0.39, 0.29) is 24.4 Å². The average molecular weight is 501 g/mol. The van der Waals surface area contributed by atoms with E-state index in [2.05, 4.69) is 10.7 Å². The molecule has 9 heteroatoms. The highest BCUT2D eigenvalue weighted by molar-refractivity contribution is 5.96. The highest BCUT2D eigenvalue weighted by Gasteiger charge is 2.40. The number of ether oxygens (including phenoxy) is 3. The van der Waals surface area contributed by atoms with Gasteiger partial charge < -0.3 is 29.4 Å². The molecule has 37 heavy (non-hydrogen) atoms. The number of anilines is 1. The molecule has 2 N–H and O–H groups in total. The Labute approximate surface area is 215 Å². The molecule has 3 aromatic carbocycles. The smallest absolute Gasteiger partial charge is 0.251 e. The second kappa shape index (κ2) is 10.6. The fourth-order valence-electron chi connectivity index (χ4n) is 4.44. The molecule has 0 aliphatic carbocycles. The van der Waals surface area contributed by atoms with Crippen LogP contribution in [0.1, 0.15) is 18.0 Å². The number of fused-ring (bicyclic) bond motifs is 1. The number of nitrogens with zero attached hydrogens (tertiary/aromatic N) is 2. The van der Waals surface area contributed by atoms with Crippen LogP contribution in [0.4, 0.5) is 5.69 Å². The molecule has 0 spiro atoms. The molecule has 2 atom stereocenters. The Hall–Kier alpha value is -4.50. The van der Waals surface area contributed by atoms with Crippen LogP contribution >= 0.6 is 0 Å². The zero-order valence-electron chi connectivity index (χ0n) is 20.6. The van der Waals surface area contributed by atoms with Crippen LogP contribution in [-0.2, 0) is 9.59 Å². The Balaban J connectivity index is 1.17. The first kappa shape index (κ1) is 24.2. The monoisotopic (exact) mass is 500 g/mol. The second-order valence-corrected chi connectivity index (χ2v) is 8.71. The van der Waals surface area contributed by atoms with Gasteiger partial charge in [-0.2, -0.15) is 0 Å². The van der Waals surface area contributed by atoms with Crippen molar-refractivity contribution in [1.82, 2.24) is 15.3 Å². The molecule has 0 saturated carbocycles. The fraction of sp³-hybridized carbons (Fsp3) is 0.214. The molecule has 190 valence electrons. The van der Waals surface area contributed by atoms with Gasteiger partial charge in [0, 0.05) is 18.1 Å². The lowest BCUT2D eigenvalue weighted by Gasteiger charge is -2.31. The number of benzene rings is 3. The number of nitrogens with one attached hydrogen (secondary N) is 2. The third-order valence-electron chi connectivity index (χ3n) is 6.32. The number of amides is 2. The van der Waals surface area contributed by atoms with Crippen molar-refractivity contribution in [1.29, 1.82) is 0 Å². The Morgan fingerprint density at radius 1 is 0.946 bits per heavy atom. The molecule has 5 rings (SSSR count). The van der Waals surface area contributed by atoms with E-state index in [1.807, 2.05) is 48.5 Å². The van der Waals surface area contributed by atoms with E-state index < -0.39 is 6.04 Å². The molecular formula is C28H28N4O5. The maximum Gasteiger partial charge on any atom is 0.251 e. The molecular weight excluding hydrogens is 472 g/mol. The first-order chi connectivity index (χ1) is 18.0. The van der Waals surface area contributed by atoms with Crippen LogP contribution in [0, 0.1) is 0 Å². The maximum atomic E-state index is 13.2. The largest absolute Gasteiger partial charge is 0.493 e. The first-order valence-electron chi connectivity index (χ1n) is 11.9. The first-order valence-corrected chi connectivity index (χ1v) is 11.9. The Kier molecular flexibility index (Phi) is 6.96. The van der Waals surface area contributed by atoms with Crippen LogP contribution in [0.15, 0.2) is 85.2 Å². The number of hydrogen-bond donors (Lipinski definition) is 2. The van der Waals surface area contributed by atoms with Crippen molar-refractivity contribution >= 4 is 17.5 Å². The average Bonchev–Trinajstić information content (AvgIpc) is 3.37. The lowest BCUT2D eigenvalue weighted by atomic mass is 10.0. The number of para-hydroxylation sites is 1. The van der Waals surface area contributed by atoms with Crippen molar-refractivity contribution in [2.45, 2.75) is 18.5 Å². The molecule has 0 aromatic heterocycles. The van der Waals surface area contributed by atoms with Gasteiger partial charge in [0.2, 0.25) is 5.91 Å². The zero-order chi connectivity index (χ0) is 25.8. The lowest BCUT2D eigenvalue weighted by Crippen LogP contribution is -2.49. The van der Waals surface area contributed by atoms with Gasteiger partial charge in [-0.1, -0.05) is 24.3 Å². The van der Waals surface area contributed by atoms with Crippen LogP contribution in [-0.4, -0.2) is 48.5 Å². The van der Waals surface area contributed by atoms with Gasteiger partial charge >= 0.3 is 0 Å². The maximum absolute atomic E-state index is 13.2. The molecule has 1 fully saturated rings. The summed E-state index contributed by atoms with van der Waals surface area (Å²) >= 11 is 0. The van der Waals surface area contributed by atoms with Crippen molar-refractivity contribution in [3.63, 3.8) is 0 Å². The molecule has 0 bridgehead atoms. The summed E-state index contributed by atoms with van der Waals surface area (Å²) in [6, 6.07) is 21.8. The second-order valence-electron chi connectivity index (χ2n) is 8.71. The molecule has 2 aliphatic rings. The van der Waals surface area contributed by atoms with Gasteiger partial charge in [0.15, 0.2) is 11.5 Å². The van der Waals surface area contributed by atoms with Crippen molar-refractivity contribution in [3.05, 3.63) is 90.8 Å². The molecule has 2 heterocycles. The Morgan fingerprint density at radius 3 is 2.41 bits per heavy atom. The number of rotatable bonds is 8. The van der Waals surface area contributed by atoms with E-state index >= 15 is 0 Å². The summed E-state index contributed by atoms with van der Waals surface area (Å²) in [5.74, 6) is 2.25. The quantitative estimate of drug-likeness (QED) is 0.482. The van der Waals surface area contributed by atoms with Crippen molar-refractivity contribution in [3.8, 4) is 23.0 Å². The predicted molar refractivity (Wildman–Crippen MR) is 138 cm³/mol. The summed E-state index contributed by atoms with van der Waals surface area (Å²) in [6.07, 6.45) is 3.97. The van der Waals surface area contributed by atoms with Crippen LogP contribution < -0.4 is 25.0 Å². The molecule has 2 aliphatic heterocycles. The third kappa shape index (κ3) is 5.36. The van der Waals surface area contributed by atoms with Crippen molar-refractivity contribution in [2.75, 3.05) is 26.1 Å². The number of hydrazine groups is 1. The molecule has 2 unspecified atom stereocenters. The Bertz CT molecular complexity index is 1300. The summed E-state index contributed by atoms with van der Waals surface area (Å²) in [5, 5.41) is 4.64. The van der Waals surface area contributed by atoms with Gasteiger partial charge in [-0.15, -0.1) is 0 Å². The molecule has 2 amide bonds. The predicted octanol–water partition coefficient (Wildman–Crippen LogP) is 4.07. The van der Waals surface area contributed by atoms with Crippen LogP contribution in [0.25, 0.3) is 0 Å². The zero-order valence-corrected chi connectivity index (χ0v) is 20.6. The minimum atomic E-state index is -0.412. The number of hydrogen-bond acceptors (Lipinski definition) is 7. The van der Waals surface area contributed by atoms with Gasteiger partial charge in [-0.3, -0.25) is 9.59 Å². The summed E-state index contributed by atoms with van der Waals surface area (Å²) in [4.78, 5) is 27.3. The van der Waals surface area contributed by atoms with Gasteiger partial charge in [-0.05, 0) is 60.5 Å². The molecule has 1 saturated heterocycles. The van der Waals surface area contributed by atoms with E-state index in [4.69, 9.17) is 14.2 Å². The number of carbonyl (C=O) groups excluding carboxylic acids is 2. The normalized spacial score (nSPS) is 18.4. The molecule has 9 nitrogen and oxygen atoms in total. The standard InChI is InChI=1S/C28H28N4O5/c1-35-25-13-8-19(16-26(25)36-2)23-17-24-28(34)31(14-15-32(24)30-23)18-27(33)29-20-9-11-22(12-10-20)37-21-6-4-3-5-7-21/h3-16,23-24,30H,17-18H2,1-2H3,(H,29,33). The minimum Gasteiger partial charge on any atom is -0.493 e. The van der Waals surface area contributed by atoms with Gasteiger partial charge in [0.25, 0.3) is 5.91 Å². The van der Waals surface area contributed by atoms with Crippen LogP contribution in [0.5, 0.6) is 23.0 Å². The summed E-state index contributed by atoms with van der Waals surface area (Å²) in [5.41, 5.74) is 4.96. The van der Waals surface area contributed by atoms with E-state index in [1.165, 1.54) is 4.90 Å². The van der Waals surface area contributed by atoms with E-state index in [9.17, 15) is 9.59 Å². The lowest BCUT2D eigenvalue weighted by molar-refractivity contribution is -0.137. The third-order valence-corrected chi connectivity index (χ3v) is 6.32. The van der Waals surface area contributed by atoms with E-state index in [0.717, 1.165) is 11.3 Å². The van der Waals surface area contributed by atoms with Gasteiger partial charge in [0.05, 0.1) is 20.3 Å². The van der Waals surface area contributed by atoms with Crippen LogP contribution in [0.3, 0.4) is 0 Å². The summed E-state index contributed by atoms with van der Waals surface area (Å²) in [6.45, 7) is -0.0804. The molecule has 3 aromatic rings. The Morgan fingerprint density at radius 2 is 1.68 bits per heavy atom.